The number of carboxylic acids is 1. The Balaban J connectivity index is 1.64. The van der Waals surface area contributed by atoms with Crippen molar-refractivity contribution in [3.8, 4) is 0 Å². The number of carboxylic acid groups (broad SMARTS) is 1. The molecule has 2 aromatic rings. The van der Waals surface area contributed by atoms with E-state index in [1.807, 2.05) is 20.8 Å². The summed E-state index contributed by atoms with van der Waals surface area (Å²) >= 11 is 12.2. The molecule has 35 heavy (non-hydrogen) atoms. The van der Waals surface area contributed by atoms with Crippen LogP contribution in [0.3, 0.4) is 0 Å². The maximum atomic E-state index is 12.9. The van der Waals surface area contributed by atoms with Crippen molar-refractivity contribution in [2.45, 2.75) is 52.2 Å². The largest absolute Gasteiger partial charge is 0.480 e. The molecule has 0 aliphatic carbocycles. The third-order valence-corrected chi connectivity index (χ3v) is 6.28. The molecule has 0 bridgehead atoms. The second-order valence-corrected chi connectivity index (χ2v) is 10.4. The van der Waals surface area contributed by atoms with Crippen LogP contribution in [0.15, 0.2) is 47.6 Å². The number of hydrogen-bond donors (Lipinski definition) is 3. The minimum Gasteiger partial charge on any atom is -0.480 e. The third-order valence-electron chi connectivity index (χ3n) is 5.65. The van der Waals surface area contributed by atoms with Gasteiger partial charge in [0.2, 0.25) is 5.60 Å². The predicted molar refractivity (Wildman–Crippen MR) is 135 cm³/mol. The summed E-state index contributed by atoms with van der Waals surface area (Å²) in [7, 11) is 0. The van der Waals surface area contributed by atoms with Gasteiger partial charge in [-0.2, -0.15) is 0 Å². The SMILES string of the molecule is CC(C)(C)C1=NOC(C)(C(=O)N[C@@H](Cc2ccc(NC(=O)c3c(Cl)cccc3Cl)cc2)C(=O)O)C1. The van der Waals surface area contributed by atoms with Gasteiger partial charge in [0.25, 0.3) is 11.8 Å². The van der Waals surface area contributed by atoms with Gasteiger partial charge in [0.05, 0.1) is 21.3 Å². The molecule has 10 heteroatoms. The minimum absolute atomic E-state index is 0.0364. The lowest BCUT2D eigenvalue weighted by Crippen LogP contribution is -2.52. The Morgan fingerprint density at radius 2 is 1.71 bits per heavy atom. The highest BCUT2D eigenvalue weighted by molar-refractivity contribution is 6.40. The molecule has 0 saturated heterocycles. The first-order valence-electron chi connectivity index (χ1n) is 10.9. The molecular formula is C25H27Cl2N3O5. The predicted octanol–water partition coefficient (Wildman–Crippen LogP) is 4.94. The summed E-state index contributed by atoms with van der Waals surface area (Å²) in [5.41, 5.74) is 0.482. The Kier molecular flexibility index (Phi) is 7.77. The number of aliphatic carboxylic acids is 1. The lowest BCUT2D eigenvalue weighted by Gasteiger charge is -2.24. The summed E-state index contributed by atoms with van der Waals surface area (Å²) in [6, 6.07) is 10.2. The highest BCUT2D eigenvalue weighted by Gasteiger charge is 2.45. The number of nitrogens with one attached hydrogen (secondary N) is 2. The smallest absolute Gasteiger partial charge is 0.326 e. The standard InChI is InChI=1S/C25H27Cl2N3O5/c1-24(2,3)19-13-25(4,35-30-19)23(34)29-18(22(32)33)12-14-8-10-15(11-9-14)28-21(31)20-16(26)6-5-7-17(20)27/h5-11,18H,12-13H2,1-4H3,(H,28,31)(H,29,34)(H,32,33)/t18-,25?/m0/s1. The van der Waals surface area contributed by atoms with Gasteiger partial charge >= 0.3 is 5.97 Å². The van der Waals surface area contributed by atoms with Gasteiger partial charge in [0, 0.05) is 23.9 Å². The maximum Gasteiger partial charge on any atom is 0.326 e. The molecule has 1 heterocycles. The van der Waals surface area contributed by atoms with Crippen LogP contribution < -0.4 is 10.6 Å². The van der Waals surface area contributed by atoms with Crippen LogP contribution in [0.25, 0.3) is 0 Å². The first-order valence-corrected chi connectivity index (χ1v) is 11.7. The first kappa shape index (κ1) is 26.5. The van der Waals surface area contributed by atoms with Crippen molar-refractivity contribution >= 4 is 52.4 Å². The normalized spacial score (nSPS) is 18.3. The summed E-state index contributed by atoms with van der Waals surface area (Å²) in [6.07, 6.45) is 0.313. The molecule has 0 saturated carbocycles. The van der Waals surface area contributed by atoms with Crippen molar-refractivity contribution < 1.29 is 24.3 Å². The molecule has 1 aliphatic heterocycles. The summed E-state index contributed by atoms with van der Waals surface area (Å²) in [5.74, 6) is -2.19. The molecule has 0 fully saturated rings. The fourth-order valence-electron chi connectivity index (χ4n) is 3.44. The molecule has 3 rings (SSSR count). The van der Waals surface area contributed by atoms with Gasteiger partial charge in [-0.15, -0.1) is 0 Å². The van der Waals surface area contributed by atoms with Crippen LogP contribution in [-0.4, -0.2) is 40.2 Å². The second kappa shape index (κ2) is 10.3. The van der Waals surface area contributed by atoms with E-state index in [9.17, 15) is 19.5 Å². The van der Waals surface area contributed by atoms with Gasteiger partial charge < -0.3 is 20.6 Å². The van der Waals surface area contributed by atoms with Crippen molar-refractivity contribution in [2.24, 2.45) is 10.6 Å². The van der Waals surface area contributed by atoms with Crippen LogP contribution in [0.1, 0.15) is 50.0 Å². The number of halogens is 2. The number of carbonyl (C=O) groups excluding carboxylic acids is 2. The fraction of sp³-hybridized carbons (Fsp3) is 0.360. The number of amides is 2. The number of oxime groups is 1. The topological polar surface area (TPSA) is 117 Å². The number of benzene rings is 2. The summed E-state index contributed by atoms with van der Waals surface area (Å²) < 4.78 is 0. The Morgan fingerprint density at radius 3 is 2.23 bits per heavy atom. The number of nitrogens with zero attached hydrogens (tertiary/aromatic N) is 1. The summed E-state index contributed by atoms with van der Waals surface area (Å²) in [4.78, 5) is 42.7. The first-order chi connectivity index (χ1) is 16.3. The van der Waals surface area contributed by atoms with Crippen molar-refractivity contribution in [3.63, 3.8) is 0 Å². The monoisotopic (exact) mass is 519 g/mol. The van der Waals surface area contributed by atoms with Gasteiger partial charge in [0.15, 0.2) is 0 Å². The second-order valence-electron chi connectivity index (χ2n) is 9.60. The van der Waals surface area contributed by atoms with E-state index in [4.69, 9.17) is 28.0 Å². The zero-order chi connectivity index (χ0) is 26.0. The molecule has 3 N–H and O–H groups in total. The highest BCUT2D eigenvalue weighted by atomic mass is 35.5. The van der Waals surface area contributed by atoms with E-state index in [1.54, 1.807) is 49.4 Å². The highest BCUT2D eigenvalue weighted by Crippen LogP contribution is 2.32. The third kappa shape index (κ3) is 6.32. The summed E-state index contributed by atoms with van der Waals surface area (Å²) in [5, 5.41) is 19.4. The van der Waals surface area contributed by atoms with Gasteiger partial charge in [-0.3, -0.25) is 9.59 Å². The van der Waals surface area contributed by atoms with Crippen molar-refractivity contribution in [1.29, 1.82) is 0 Å². The number of hydrogen-bond acceptors (Lipinski definition) is 5. The summed E-state index contributed by atoms with van der Waals surface area (Å²) in [6.45, 7) is 7.49. The Bertz CT molecular complexity index is 1150. The van der Waals surface area contributed by atoms with Crippen molar-refractivity contribution in [2.75, 3.05) is 5.32 Å². The molecule has 2 aromatic carbocycles. The number of rotatable bonds is 7. The van der Waals surface area contributed by atoms with Gasteiger partial charge in [-0.25, -0.2) is 4.79 Å². The molecular weight excluding hydrogens is 493 g/mol. The Labute approximate surface area is 213 Å². The van der Waals surface area contributed by atoms with Crippen LogP contribution in [0.4, 0.5) is 5.69 Å². The number of anilines is 1. The molecule has 186 valence electrons. The molecule has 0 aromatic heterocycles. The Hall–Kier alpha value is -3.10. The van der Waals surface area contributed by atoms with Crippen LogP contribution in [0, 0.1) is 5.41 Å². The van der Waals surface area contributed by atoms with Crippen molar-refractivity contribution in [1.82, 2.24) is 5.32 Å². The molecule has 0 radical (unpaired) electrons. The lowest BCUT2D eigenvalue weighted by atomic mass is 9.83. The van der Waals surface area contributed by atoms with E-state index in [-0.39, 0.29) is 33.9 Å². The Morgan fingerprint density at radius 1 is 1.11 bits per heavy atom. The quantitative estimate of drug-likeness (QED) is 0.478. The van der Waals surface area contributed by atoms with E-state index in [0.717, 1.165) is 5.71 Å². The van der Waals surface area contributed by atoms with Crippen LogP contribution in [-0.2, 0) is 20.8 Å². The van der Waals surface area contributed by atoms with E-state index in [0.29, 0.717) is 11.3 Å². The van der Waals surface area contributed by atoms with E-state index >= 15 is 0 Å². The van der Waals surface area contributed by atoms with Crippen LogP contribution in [0.5, 0.6) is 0 Å². The molecule has 2 amide bonds. The van der Waals surface area contributed by atoms with Gasteiger partial charge in [-0.1, -0.05) is 67.3 Å². The molecule has 1 unspecified atom stereocenters. The van der Waals surface area contributed by atoms with Crippen LogP contribution >= 0.6 is 23.2 Å². The average Bonchev–Trinajstić information content (AvgIpc) is 3.18. The number of carbonyl (C=O) groups is 3. The van der Waals surface area contributed by atoms with Crippen LogP contribution in [0.2, 0.25) is 10.0 Å². The zero-order valence-electron chi connectivity index (χ0n) is 19.8. The van der Waals surface area contributed by atoms with Gasteiger partial charge in [0.1, 0.15) is 6.04 Å². The molecule has 2 atom stereocenters. The molecule has 1 aliphatic rings. The maximum absolute atomic E-state index is 12.9. The van der Waals surface area contributed by atoms with E-state index in [1.165, 1.54) is 0 Å². The lowest BCUT2D eigenvalue weighted by molar-refractivity contribution is -0.148. The van der Waals surface area contributed by atoms with E-state index in [2.05, 4.69) is 15.8 Å². The fourth-order valence-corrected chi connectivity index (χ4v) is 4.01. The zero-order valence-corrected chi connectivity index (χ0v) is 21.3. The average molecular weight is 520 g/mol. The molecule has 0 spiro atoms. The van der Waals surface area contributed by atoms with Crippen molar-refractivity contribution in [3.05, 3.63) is 63.6 Å². The minimum atomic E-state index is -1.27. The van der Waals surface area contributed by atoms with Gasteiger partial charge in [-0.05, 0) is 36.8 Å². The van der Waals surface area contributed by atoms with E-state index < -0.39 is 29.4 Å². The molecule has 8 nitrogen and oxygen atoms in total.